The van der Waals surface area contributed by atoms with Gasteiger partial charge in [0.25, 0.3) is 15.9 Å². The molecule has 0 spiro atoms. The monoisotopic (exact) mass is 359 g/mol. The number of benzene rings is 2. The smallest absolute Gasteiger partial charge is 0.271 e. The lowest BCUT2D eigenvalue weighted by atomic mass is 10.2. The van der Waals surface area contributed by atoms with E-state index in [1.165, 1.54) is 18.2 Å². The van der Waals surface area contributed by atoms with E-state index in [1.54, 1.807) is 56.3 Å². The number of hydrogen-bond acceptors (Lipinski definition) is 4. The van der Waals surface area contributed by atoms with Crippen LogP contribution >= 0.6 is 0 Å². The molecular weight excluding hydrogens is 338 g/mol. The molecular formula is C19H21NO4S. The summed E-state index contributed by atoms with van der Waals surface area (Å²) in [5, 5.41) is 0. The second-order valence-corrected chi connectivity index (χ2v) is 7.36. The van der Waals surface area contributed by atoms with E-state index in [9.17, 15) is 13.2 Å². The summed E-state index contributed by atoms with van der Waals surface area (Å²) in [4.78, 5) is 12.7. The minimum Gasteiger partial charge on any atom is -0.494 e. The van der Waals surface area contributed by atoms with Gasteiger partial charge in [-0.2, -0.15) is 4.31 Å². The van der Waals surface area contributed by atoms with Crippen LogP contribution in [0.1, 0.15) is 20.8 Å². The van der Waals surface area contributed by atoms with Gasteiger partial charge in [0.05, 0.1) is 17.2 Å². The van der Waals surface area contributed by atoms with Crippen molar-refractivity contribution in [2.45, 2.75) is 25.7 Å². The van der Waals surface area contributed by atoms with Crippen LogP contribution in [0.2, 0.25) is 0 Å². The molecule has 0 saturated heterocycles. The van der Waals surface area contributed by atoms with Crippen LogP contribution in [-0.4, -0.2) is 20.9 Å². The highest BCUT2D eigenvalue weighted by Crippen LogP contribution is 2.26. The van der Waals surface area contributed by atoms with Crippen molar-refractivity contribution in [2.75, 3.05) is 10.9 Å². The van der Waals surface area contributed by atoms with Crippen molar-refractivity contribution in [3.8, 4) is 5.75 Å². The Bertz CT molecular complexity index is 852. The van der Waals surface area contributed by atoms with Crippen LogP contribution in [0.5, 0.6) is 5.75 Å². The molecule has 0 aliphatic heterocycles. The molecule has 0 unspecified atom stereocenters. The molecule has 2 aromatic carbocycles. The summed E-state index contributed by atoms with van der Waals surface area (Å²) in [5.74, 6) is -0.00835. The highest BCUT2D eigenvalue weighted by Gasteiger charge is 2.29. The molecule has 0 bridgehead atoms. The first-order valence-corrected chi connectivity index (χ1v) is 9.32. The van der Waals surface area contributed by atoms with Gasteiger partial charge in [0.1, 0.15) is 5.75 Å². The fourth-order valence-corrected chi connectivity index (χ4v) is 3.63. The number of carbonyl (C=O) groups is 1. The van der Waals surface area contributed by atoms with Crippen LogP contribution in [0, 0.1) is 0 Å². The standard InChI is InChI=1S/C19H21NO4S/c1-4-24-17-12-10-16(11-13-17)20(19(21)14-15(2)3)25(22,23)18-8-6-5-7-9-18/h5-14H,4H2,1-3H3. The van der Waals surface area contributed by atoms with Crippen molar-refractivity contribution in [1.82, 2.24) is 0 Å². The maximum absolute atomic E-state index is 13.0. The second-order valence-electron chi connectivity index (χ2n) is 5.57. The molecule has 0 saturated carbocycles. The number of nitrogens with zero attached hydrogens (tertiary/aromatic N) is 1. The summed E-state index contributed by atoms with van der Waals surface area (Å²) >= 11 is 0. The van der Waals surface area contributed by atoms with E-state index in [2.05, 4.69) is 0 Å². The van der Waals surface area contributed by atoms with Crippen LogP contribution in [0.15, 0.2) is 71.1 Å². The summed E-state index contributed by atoms with van der Waals surface area (Å²) in [6, 6.07) is 14.3. The lowest BCUT2D eigenvalue weighted by Crippen LogP contribution is -2.36. The zero-order valence-electron chi connectivity index (χ0n) is 14.5. The van der Waals surface area contributed by atoms with Gasteiger partial charge in [0.15, 0.2) is 0 Å². The Morgan fingerprint density at radius 3 is 2.16 bits per heavy atom. The predicted octanol–water partition coefficient (Wildman–Crippen LogP) is 3.77. The molecule has 2 aromatic rings. The van der Waals surface area contributed by atoms with Crippen molar-refractivity contribution in [3.63, 3.8) is 0 Å². The second kappa shape index (κ2) is 7.98. The third kappa shape index (κ3) is 4.48. The van der Waals surface area contributed by atoms with E-state index in [0.29, 0.717) is 17.9 Å². The maximum atomic E-state index is 13.0. The number of carbonyl (C=O) groups excluding carboxylic acids is 1. The van der Waals surface area contributed by atoms with E-state index in [-0.39, 0.29) is 10.6 Å². The first-order valence-electron chi connectivity index (χ1n) is 7.88. The Labute approximate surface area is 148 Å². The SMILES string of the molecule is CCOc1ccc(N(C(=O)C=C(C)C)S(=O)(=O)c2ccccc2)cc1. The van der Waals surface area contributed by atoms with Gasteiger partial charge in [-0.15, -0.1) is 0 Å². The summed E-state index contributed by atoms with van der Waals surface area (Å²) in [6.07, 6.45) is 1.30. The number of allylic oxidation sites excluding steroid dienone is 1. The lowest BCUT2D eigenvalue weighted by Gasteiger charge is -2.22. The van der Waals surface area contributed by atoms with Crippen LogP contribution in [0.25, 0.3) is 0 Å². The van der Waals surface area contributed by atoms with Crippen LogP contribution in [-0.2, 0) is 14.8 Å². The Balaban J connectivity index is 2.54. The third-order valence-electron chi connectivity index (χ3n) is 3.28. The van der Waals surface area contributed by atoms with E-state index < -0.39 is 15.9 Å². The number of anilines is 1. The minimum absolute atomic E-state index is 0.0550. The molecule has 0 aromatic heterocycles. The van der Waals surface area contributed by atoms with Gasteiger partial charge < -0.3 is 4.74 Å². The van der Waals surface area contributed by atoms with Crippen LogP contribution in [0.4, 0.5) is 5.69 Å². The molecule has 5 nitrogen and oxygen atoms in total. The molecule has 6 heteroatoms. The van der Waals surface area contributed by atoms with Crippen molar-refractivity contribution in [1.29, 1.82) is 0 Å². The molecule has 0 atom stereocenters. The Morgan fingerprint density at radius 1 is 1.04 bits per heavy atom. The average molecular weight is 359 g/mol. The third-order valence-corrected chi connectivity index (χ3v) is 5.02. The van der Waals surface area contributed by atoms with Gasteiger partial charge in [0.2, 0.25) is 0 Å². The molecule has 0 heterocycles. The zero-order valence-corrected chi connectivity index (χ0v) is 15.3. The largest absolute Gasteiger partial charge is 0.494 e. The quantitative estimate of drug-likeness (QED) is 0.737. The molecule has 0 fully saturated rings. The number of hydrogen-bond donors (Lipinski definition) is 0. The highest BCUT2D eigenvalue weighted by molar-refractivity contribution is 7.93. The normalized spacial score (nSPS) is 10.8. The Kier molecular flexibility index (Phi) is 5.98. The summed E-state index contributed by atoms with van der Waals surface area (Å²) in [7, 11) is -4.03. The van der Waals surface area contributed by atoms with E-state index in [1.807, 2.05) is 6.92 Å². The molecule has 0 N–H and O–H groups in total. The topological polar surface area (TPSA) is 63.7 Å². The van der Waals surface area contributed by atoms with Crippen molar-refractivity contribution < 1.29 is 17.9 Å². The van der Waals surface area contributed by atoms with Crippen LogP contribution in [0.3, 0.4) is 0 Å². The van der Waals surface area contributed by atoms with Crippen molar-refractivity contribution in [3.05, 3.63) is 66.2 Å². The predicted molar refractivity (Wildman–Crippen MR) is 98.2 cm³/mol. The van der Waals surface area contributed by atoms with Gasteiger partial charge >= 0.3 is 0 Å². The van der Waals surface area contributed by atoms with Gasteiger partial charge in [-0.1, -0.05) is 23.8 Å². The average Bonchev–Trinajstić information content (AvgIpc) is 2.57. The molecule has 25 heavy (non-hydrogen) atoms. The highest BCUT2D eigenvalue weighted by atomic mass is 32.2. The van der Waals surface area contributed by atoms with Gasteiger partial charge in [-0.3, -0.25) is 4.79 Å². The molecule has 1 amide bonds. The molecule has 0 aliphatic rings. The number of amides is 1. The van der Waals surface area contributed by atoms with Gasteiger partial charge in [-0.25, -0.2) is 8.42 Å². The molecule has 0 radical (unpaired) electrons. The van der Waals surface area contributed by atoms with Crippen LogP contribution < -0.4 is 9.04 Å². The van der Waals surface area contributed by atoms with Crippen molar-refractivity contribution in [2.24, 2.45) is 0 Å². The first kappa shape index (κ1) is 18.7. The summed E-state index contributed by atoms with van der Waals surface area (Å²) < 4.78 is 32.2. The molecule has 0 aliphatic carbocycles. The fourth-order valence-electron chi connectivity index (χ4n) is 2.23. The molecule has 2 rings (SSSR count). The first-order chi connectivity index (χ1) is 11.9. The number of rotatable bonds is 6. The van der Waals surface area contributed by atoms with E-state index >= 15 is 0 Å². The summed E-state index contributed by atoms with van der Waals surface area (Å²) in [5.41, 5.74) is 0.971. The number of sulfonamides is 1. The van der Waals surface area contributed by atoms with Gasteiger partial charge in [-0.05, 0) is 57.2 Å². The Morgan fingerprint density at radius 2 is 1.64 bits per heavy atom. The zero-order chi connectivity index (χ0) is 18.4. The van der Waals surface area contributed by atoms with E-state index in [0.717, 1.165) is 4.31 Å². The van der Waals surface area contributed by atoms with E-state index in [4.69, 9.17) is 4.74 Å². The number of ether oxygens (including phenoxy) is 1. The maximum Gasteiger partial charge on any atom is 0.271 e. The van der Waals surface area contributed by atoms with Crippen molar-refractivity contribution >= 4 is 21.6 Å². The molecule has 132 valence electrons. The summed E-state index contributed by atoms with van der Waals surface area (Å²) in [6.45, 7) is 5.84. The lowest BCUT2D eigenvalue weighted by molar-refractivity contribution is -0.113. The minimum atomic E-state index is -4.03. The van der Waals surface area contributed by atoms with Gasteiger partial charge in [0, 0.05) is 6.08 Å². The Hall–Kier alpha value is -2.60. The fraction of sp³-hybridized carbons (Fsp3) is 0.211.